The molecule has 1 aromatic carbocycles. The molecule has 1 amide bonds. The van der Waals surface area contributed by atoms with Crippen LogP contribution in [0.4, 0.5) is 17.2 Å². The second kappa shape index (κ2) is 9.21. The van der Waals surface area contributed by atoms with Crippen molar-refractivity contribution in [1.82, 2.24) is 10.3 Å². The number of amides is 1. The van der Waals surface area contributed by atoms with Crippen LogP contribution in [-0.4, -0.2) is 43.2 Å². The van der Waals surface area contributed by atoms with Crippen molar-refractivity contribution < 1.29 is 9.53 Å². The van der Waals surface area contributed by atoms with E-state index in [0.29, 0.717) is 6.04 Å². The molecule has 0 spiro atoms. The fraction of sp³-hybridized carbons (Fsp3) is 0.571. The number of nitrogens with one attached hydrogen (secondary N) is 2. The SMILES string of the molecule is O=C(NC1CCCC1)C1(c2ccc(Nc3cc(N4CCOCC4)nc4c3CCC4)cc2)CCC1. The highest BCUT2D eigenvalue weighted by molar-refractivity contribution is 5.89. The van der Waals surface area contributed by atoms with Crippen LogP contribution in [0.1, 0.15) is 68.2 Å². The van der Waals surface area contributed by atoms with Crippen molar-refractivity contribution in [2.45, 2.75) is 75.7 Å². The smallest absolute Gasteiger partial charge is 0.230 e. The van der Waals surface area contributed by atoms with Gasteiger partial charge in [-0.2, -0.15) is 0 Å². The second-order valence-corrected chi connectivity index (χ2v) is 10.5. The topological polar surface area (TPSA) is 66.5 Å². The Balaban J connectivity index is 1.21. The van der Waals surface area contributed by atoms with Crippen LogP contribution >= 0.6 is 0 Å². The van der Waals surface area contributed by atoms with E-state index in [9.17, 15) is 4.79 Å². The molecule has 1 aliphatic heterocycles. The normalized spacial score (nSPS) is 21.7. The number of ether oxygens (including phenoxy) is 1. The van der Waals surface area contributed by atoms with Crippen LogP contribution < -0.4 is 15.5 Å². The molecule has 2 saturated carbocycles. The van der Waals surface area contributed by atoms with Gasteiger partial charge in [0.25, 0.3) is 0 Å². The van der Waals surface area contributed by atoms with Crippen LogP contribution in [-0.2, 0) is 27.8 Å². The fourth-order valence-corrected chi connectivity index (χ4v) is 6.19. The number of hydrogen-bond acceptors (Lipinski definition) is 5. The summed E-state index contributed by atoms with van der Waals surface area (Å²) in [5, 5.41) is 7.05. The number of carbonyl (C=O) groups is 1. The number of carbonyl (C=O) groups excluding carboxylic acids is 1. The fourth-order valence-electron chi connectivity index (χ4n) is 6.19. The van der Waals surface area contributed by atoms with E-state index in [0.717, 1.165) is 88.3 Å². The number of aromatic nitrogens is 1. The van der Waals surface area contributed by atoms with Gasteiger partial charge in [-0.05, 0) is 68.2 Å². The molecule has 180 valence electrons. The first kappa shape index (κ1) is 21.9. The second-order valence-electron chi connectivity index (χ2n) is 10.5. The first-order valence-electron chi connectivity index (χ1n) is 13.3. The molecule has 4 aliphatic rings. The molecule has 2 aromatic rings. The lowest BCUT2D eigenvalue weighted by Gasteiger charge is -2.41. The van der Waals surface area contributed by atoms with E-state index in [1.54, 1.807) is 0 Å². The highest BCUT2D eigenvalue weighted by Crippen LogP contribution is 2.45. The predicted octanol–water partition coefficient (Wildman–Crippen LogP) is 4.63. The third kappa shape index (κ3) is 4.06. The average Bonchev–Trinajstić information content (AvgIpc) is 3.52. The van der Waals surface area contributed by atoms with Gasteiger partial charge in [0.1, 0.15) is 5.82 Å². The Hall–Kier alpha value is -2.60. The molecule has 1 aromatic heterocycles. The molecule has 34 heavy (non-hydrogen) atoms. The molecular weight excluding hydrogens is 424 g/mol. The van der Waals surface area contributed by atoms with E-state index >= 15 is 0 Å². The Morgan fingerprint density at radius 2 is 1.76 bits per heavy atom. The molecule has 0 atom stereocenters. The average molecular weight is 461 g/mol. The highest BCUT2D eigenvalue weighted by Gasteiger charge is 2.46. The van der Waals surface area contributed by atoms with E-state index in [1.807, 2.05) is 0 Å². The standard InChI is InChI=1S/C28H36N4O2/c33-27(30-21-5-1-2-6-21)28(13-4-14-28)20-9-11-22(12-10-20)29-25-19-26(32-15-17-34-18-16-32)31-24-8-3-7-23(24)25/h9-12,19,21H,1-8,13-18H2,(H,29,31)(H,30,33). The van der Waals surface area contributed by atoms with Gasteiger partial charge >= 0.3 is 0 Å². The first-order valence-corrected chi connectivity index (χ1v) is 13.3. The highest BCUT2D eigenvalue weighted by atomic mass is 16.5. The largest absolute Gasteiger partial charge is 0.378 e. The van der Waals surface area contributed by atoms with Gasteiger partial charge < -0.3 is 20.3 Å². The molecule has 6 heteroatoms. The number of fused-ring (bicyclic) bond motifs is 1. The Labute approximate surface area is 202 Å². The van der Waals surface area contributed by atoms with Crippen molar-refractivity contribution in [1.29, 1.82) is 0 Å². The Bertz CT molecular complexity index is 1040. The third-order valence-electron chi connectivity index (χ3n) is 8.42. The van der Waals surface area contributed by atoms with Crippen molar-refractivity contribution in [2.75, 3.05) is 36.5 Å². The number of morpholine rings is 1. The molecule has 2 heterocycles. The lowest BCUT2D eigenvalue weighted by Crippen LogP contribution is -2.51. The van der Waals surface area contributed by atoms with Gasteiger partial charge in [-0.25, -0.2) is 4.98 Å². The maximum Gasteiger partial charge on any atom is 0.230 e. The summed E-state index contributed by atoms with van der Waals surface area (Å²) >= 11 is 0. The van der Waals surface area contributed by atoms with E-state index in [2.05, 4.69) is 45.9 Å². The van der Waals surface area contributed by atoms with Crippen LogP contribution in [0.3, 0.4) is 0 Å². The number of anilines is 3. The lowest BCUT2D eigenvalue weighted by atomic mass is 9.63. The van der Waals surface area contributed by atoms with Crippen LogP contribution in [0, 0.1) is 0 Å². The minimum absolute atomic E-state index is 0.244. The Kier molecular flexibility index (Phi) is 5.94. The molecule has 2 N–H and O–H groups in total. The zero-order valence-electron chi connectivity index (χ0n) is 20.1. The van der Waals surface area contributed by atoms with Crippen LogP contribution in [0.25, 0.3) is 0 Å². The summed E-state index contributed by atoms with van der Waals surface area (Å²) in [6, 6.07) is 11.2. The predicted molar refractivity (Wildman–Crippen MR) is 135 cm³/mol. The summed E-state index contributed by atoms with van der Waals surface area (Å²) in [6.45, 7) is 3.31. The van der Waals surface area contributed by atoms with Gasteiger partial charge in [-0.3, -0.25) is 4.79 Å². The first-order chi connectivity index (χ1) is 16.7. The van der Waals surface area contributed by atoms with Gasteiger partial charge in [0, 0.05) is 42.3 Å². The molecule has 3 aliphatic carbocycles. The summed E-state index contributed by atoms with van der Waals surface area (Å²) in [5.74, 6) is 1.30. The molecule has 1 saturated heterocycles. The van der Waals surface area contributed by atoms with Crippen LogP contribution in [0.15, 0.2) is 30.3 Å². The van der Waals surface area contributed by atoms with Crippen molar-refractivity contribution in [3.8, 4) is 0 Å². The Morgan fingerprint density at radius 3 is 2.47 bits per heavy atom. The summed E-state index contributed by atoms with van der Waals surface area (Å²) in [7, 11) is 0. The number of rotatable bonds is 6. The molecule has 3 fully saturated rings. The van der Waals surface area contributed by atoms with E-state index in [1.165, 1.54) is 36.2 Å². The molecule has 0 unspecified atom stereocenters. The van der Waals surface area contributed by atoms with Crippen molar-refractivity contribution in [2.24, 2.45) is 0 Å². The molecule has 0 bridgehead atoms. The van der Waals surface area contributed by atoms with Gasteiger partial charge in [0.15, 0.2) is 0 Å². The summed E-state index contributed by atoms with van der Waals surface area (Å²) in [4.78, 5) is 20.6. The molecule has 6 nitrogen and oxygen atoms in total. The summed E-state index contributed by atoms with van der Waals surface area (Å²) in [5.41, 5.74) is 5.67. The number of benzene rings is 1. The zero-order chi connectivity index (χ0) is 23.0. The van der Waals surface area contributed by atoms with Crippen molar-refractivity contribution in [3.63, 3.8) is 0 Å². The van der Waals surface area contributed by atoms with Gasteiger partial charge in [-0.15, -0.1) is 0 Å². The van der Waals surface area contributed by atoms with Crippen molar-refractivity contribution in [3.05, 3.63) is 47.2 Å². The maximum atomic E-state index is 13.2. The number of aryl methyl sites for hydroxylation is 1. The van der Waals surface area contributed by atoms with E-state index in [4.69, 9.17) is 9.72 Å². The molecule has 0 radical (unpaired) electrons. The number of hydrogen-bond donors (Lipinski definition) is 2. The lowest BCUT2D eigenvalue weighted by molar-refractivity contribution is -0.130. The van der Waals surface area contributed by atoms with E-state index < -0.39 is 0 Å². The van der Waals surface area contributed by atoms with E-state index in [-0.39, 0.29) is 11.3 Å². The van der Waals surface area contributed by atoms with Gasteiger partial charge in [-0.1, -0.05) is 31.4 Å². The molecular formula is C28H36N4O2. The minimum Gasteiger partial charge on any atom is -0.378 e. The number of pyridine rings is 1. The third-order valence-corrected chi connectivity index (χ3v) is 8.42. The maximum absolute atomic E-state index is 13.2. The zero-order valence-corrected chi connectivity index (χ0v) is 20.1. The van der Waals surface area contributed by atoms with Gasteiger partial charge in [0.2, 0.25) is 5.91 Å². The quantitative estimate of drug-likeness (QED) is 0.658. The summed E-state index contributed by atoms with van der Waals surface area (Å²) in [6.07, 6.45) is 11.1. The Morgan fingerprint density at radius 1 is 1.00 bits per heavy atom. The van der Waals surface area contributed by atoms with Crippen molar-refractivity contribution >= 4 is 23.1 Å². The monoisotopic (exact) mass is 460 g/mol. The number of nitrogens with zero attached hydrogens (tertiary/aromatic N) is 2. The van der Waals surface area contributed by atoms with Crippen LogP contribution in [0.5, 0.6) is 0 Å². The molecule has 6 rings (SSSR count). The summed E-state index contributed by atoms with van der Waals surface area (Å²) < 4.78 is 5.53. The van der Waals surface area contributed by atoms with Crippen LogP contribution in [0.2, 0.25) is 0 Å². The van der Waals surface area contributed by atoms with Gasteiger partial charge in [0.05, 0.1) is 18.6 Å². The minimum atomic E-state index is -0.331.